The van der Waals surface area contributed by atoms with Crippen molar-refractivity contribution >= 4 is 32.6 Å². The maximum atomic E-state index is 12.5. The van der Waals surface area contributed by atoms with Crippen LogP contribution in [-0.2, 0) is 4.79 Å². The Labute approximate surface area is 146 Å². The van der Waals surface area contributed by atoms with Crippen LogP contribution in [0.5, 0.6) is 0 Å². The number of nitrogens with zero attached hydrogens (tertiary/aromatic N) is 2. The summed E-state index contributed by atoms with van der Waals surface area (Å²) in [6.07, 6.45) is 4.09. The van der Waals surface area contributed by atoms with Crippen LogP contribution in [0.1, 0.15) is 25.7 Å². The molecule has 2 fully saturated rings. The van der Waals surface area contributed by atoms with E-state index in [1.807, 2.05) is 6.07 Å². The number of hydrogen-bond acceptors (Lipinski definition) is 5. The number of amides is 1. The fourth-order valence-electron chi connectivity index (χ4n) is 3.62. The molecule has 0 bridgehead atoms. The van der Waals surface area contributed by atoms with Gasteiger partial charge in [0, 0.05) is 31.6 Å². The molecule has 2 saturated heterocycles. The number of rotatable bonds is 3. The number of carbonyl (C=O) groups excluding carboxylic acids is 1. The number of benzene rings is 1. The van der Waals surface area contributed by atoms with Gasteiger partial charge in [-0.25, -0.2) is 4.98 Å². The Hall–Kier alpha value is -1.66. The number of nitrogens with one attached hydrogen (secondary N) is 2. The lowest BCUT2D eigenvalue weighted by atomic mass is 9.95. The average Bonchev–Trinajstić information content (AvgIpc) is 3.07. The summed E-state index contributed by atoms with van der Waals surface area (Å²) in [4.78, 5) is 19.5. The molecule has 0 spiro atoms. The fourth-order valence-corrected chi connectivity index (χ4v) is 4.64. The zero-order valence-corrected chi connectivity index (χ0v) is 14.6. The van der Waals surface area contributed by atoms with Gasteiger partial charge in [-0.3, -0.25) is 4.79 Å². The van der Waals surface area contributed by atoms with Gasteiger partial charge in [-0.05, 0) is 44.4 Å². The quantitative estimate of drug-likeness (QED) is 0.898. The lowest BCUT2D eigenvalue weighted by molar-refractivity contribution is -0.126. The molecule has 4 rings (SSSR count). The van der Waals surface area contributed by atoms with Gasteiger partial charge in [-0.1, -0.05) is 23.5 Å². The molecule has 2 aromatic rings. The maximum absolute atomic E-state index is 12.5. The summed E-state index contributed by atoms with van der Waals surface area (Å²) < 4.78 is 1.23. The summed E-state index contributed by atoms with van der Waals surface area (Å²) in [7, 11) is 0. The van der Waals surface area contributed by atoms with Crippen molar-refractivity contribution in [3.8, 4) is 0 Å². The Morgan fingerprint density at radius 3 is 2.83 bits per heavy atom. The largest absolute Gasteiger partial charge is 0.352 e. The molecule has 5 nitrogen and oxygen atoms in total. The topological polar surface area (TPSA) is 57.3 Å². The highest BCUT2D eigenvalue weighted by atomic mass is 32.1. The van der Waals surface area contributed by atoms with E-state index in [1.54, 1.807) is 11.3 Å². The first-order valence-electron chi connectivity index (χ1n) is 8.91. The van der Waals surface area contributed by atoms with Crippen molar-refractivity contribution in [3.63, 3.8) is 0 Å². The van der Waals surface area contributed by atoms with Crippen LogP contribution in [0, 0.1) is 5.92 Å². The van der Waals surface area contributed by atoms with Crippen molar-refractivity contribution in [3.05, 3.63) is 24.3 Å². The number of thiazole rings is 1. The van der Waals surface area contributed by atoms with Crippen molar-refractivity contribution in [2.75, 3.05) is 31.1 Å². The van der Waals surface area contributed by atoms with E-state index in [4.69, 9.17) is 4.98 Å². The van der Waals surface area contributed by atoms with Crippen molar-refractivity contribution in [2.45, 2.75) is 31.7 Å². The summed E-state index contributed by atoms with van der Waals surface area (Å²) in [5, 5.41) is 7.68. The highest BCUT2D eigenvalue weighted by molar-refractivity contribution is 7.22. The Kier molecular flexibility index (Phi) is 4.67. The molecule has 24 heavy (non-hydrogen) atoms. The van der Waals surface area contributed by atoms with E-state index in [2.05, 4.69) is 33.7 Å². The summed E-state index contributed by atoms with van der Waals surface area (Å²) >= 11 is 1.75. The molecule has 2 N–H and O–H groups in total. The molecule has 1 atom stereocenters. The first-order chi connectivity index (χ1) is 11.8. The van der Waals surface area contributed by atoms with Gasteiger partial charge in [-0.15, -0.1) is 0 Å². The van der Waals surface area contributed by atoms with Gasteiger partial charge < -0.3 is 15.5 Å². The molecule has 2 aliphatic rings. The summed E-state index contributed by atoms with van der Waals surface area (Å²) in [6.45, 7) is 3.82. The third kappa shape index (κ3) is 3.39. The lowest BCUT2D eigenvalue weighted by Gasteiger charge is -2.32. The van der Waals surface area contributed by atoms with Crippen LogP contribution in [0.2, 0.25) is 0 Å². The van der Waals surface area contributed by atoms with Crippen molar-refractivity contribution in [1.29, 1.82) is 0 Å². The molecular weight excluding hydrogens is 320 g/mol. The van der Waals surface area contributed by atoms with E-state index in [1.165, 1.54) is 4.70 Å². The standard InChI is InChI=1S/C18H24N4OS/c23-17(20-14-4-3-9-19-12-14)13-7-10-22(11-8-13)18-21-15-5-1-2-6-16(15)24-18/h1-2,5-6,13-14,19H,3-4,7-12H2,(H,20,23)/t14-/m0/s1. The van der Waals surface area contributed by atoms with Crippen molar-refractivity contribution < 1.29 is 4.79 Å². The van der Waals surface area contributed by atoms with Crippen LogP contribution in [0.3, 0.4) is 0 Å². The van der Waals surface area contributed by atoms with E-state index < -0.39 is 0 Å². The van der Waals surface area contributed by atoms with Gasteiger partial charge in [0.05, 0.1) is 10.2 Å². The number of hydrogen-bond donors (Lipinski definition) is 2. The second-order valence-corrected chi connectivity index (χ2v) is 7.79. The number of anilines is 1. The maximum Gasteiger partial charge on any atom is 0.223 e. The minimum absolute atomic E-state index is 0.151. The Balaban J connectivity index is 1.33. The van der Waals surface area contributed by atoms with Gasteiger partial charge in [0.1, 0.15) is 0 Å². The van der Waals surface area contributed by atoms with Crippen LogP contribution in [0.4, 0.5) is 5.13 Å². The Morgan fingerprint density at radius 1 is 1.25 bits per heavy atom. The zero-order valence-electron chi connectivity index (χ0n) is 13.8. The SMILES string of the molecule is O=C(N[C@H]1CCCNC1)C1CCN(c2nc3ccccc3s2)CC1. The molecule has 2 aliphatic heterocycles. The Bertz CT molecular complexity index is 669. The van der Waals surface area contributed by atoms with E-state index in [-0.39, 0.29) is 11.8 Å². The first-order valence-corrected chi connectivity index (χ1v) is 9.73. The molecule has 1 aromatic heterocycles. The smallest absolute Gasteiger partial charge is 0.223 e. The second kappa shape index (κ2) is 7.07. The third-order valence-corrected chi connectivity index (χ3v) is 6.16. The highest BCUT2D eigenvalue weighted by Gasteiger charge is 2.28. The minimum Gasteiger partial charge on any atom is -0.352 e. The van der Waals surface area contributed by atoms with Crippen LogP contribution in [-0.4, -0.2) is 43.1 Å². The minimum atomic E-state index is 0.151. The van der Waals surface area contributed by atoms with E-state index in [0.29, 0.717) is 6.04 Å². The van der Waals surface area contributed by atoms with E-state index >= 15 is 0 Å². The normalized spacial score (nSPS) is 22.7. The van der Waals surface area contributed by atoms with Crippen LogP contribution >= 0.6 is 11.3 Å². The molecule has 1 amide bonds. The highest BCUT2D eigenvalue weighted by Crippen LogP contribution is 2.31. The predicted octanol–water partition coefficient (Wildman–Crippen LogP) is 2.38. The number of piperidine rings is 2. The summed E-state index contributed by atoms with van der Waals surface area (Å²) in [5.41, 5.74) is 1.07. The molecule has 6 heteroatoms. The average molecular weight is 344 g/mol. The summed E-state index contributed by atoms with van der Waals surface area (Å²) in [6, 6.07) is 8.58. The van der Waals surface area contributed by atoms with Crippen LogP contribution in [0.25, 0.3) is 10.2 Å². The fraction of sp³-hybridized carbons (Fsp3) is 0.556. The van der Waals surface area contributed by atoms with Gasteiger partial charge in [-0.2, -0.15) is 0 Å². The number of aromatic nitrogens is 1. The third-order valence-electron chi connectivity index (χ3n) is 5.06. The molecule has 128 valence electrons. The lowest BCUT2D eigenvalue weighted by Crippen LogP contribution is -2.49. The monoisotopic (exact) mass is 344 g/mol. The van der Waals surface area contributed by atoms with Crippen LogP contribution in [0.15, 0.2) is 24.3 Å². The summed E-state index contributed by atoms with van der Waals surface area (Å²) in [5.74, 6) is 0.394. The van der Waals surface area contributed by atoms with E-state index in [9.17, 15) is 4.79 Å². The second-order valence-electron chi connectivity index (χ2n) is 6.78. The van der Waals surface area contributed by atoms with Gasteiger partial charge in [0.2, 0.25) is 5.91 Å². The van der Waals surface area contributed by atoms with Gasteiger partial charge in [0.25, 0.3) is 0 Å². The van der Waals surface area contributed by atoms with Crippen molar-refractivity contribution in [1.82, 2.24) is 15.6 Å². The van der Waals surface area contributed by atoms with Gasteiger partial charge >= 0.3 is 0 Å². The van der Waals surface area contributed by atoms with Crippen LogP contribution < -0.4 is 15.5 Å². The molecule has 3 heterocycles. The number of carbonyl (C=O) groups is 1. The van der Waals surface area contributed by atoms with Gasteiger partial charge in [0.15, 0.2) is 5.13 Å². The molecule has 0 aliphatic carbocycles. The molecule has 1 aromatic carbocycles. The Morgan fingerprint density at radius 2 is 2.08 bits per heavy atom. The molecule has 0 unspecified atom stereocenters. The van der Waals surface area contributed by atoms with Crippen molar-refractivity contribution in [2.24, 2.45) is 5.92 Å². The predicted molar refractivity (Wildman–Crippen MR) is 98.6 cm³/mol. The first kappa shape index (κ1) is 15.8. The zero-order chi connectivity index (χ0) is 16.4. The number of para-hydroxylation sites is 1. The number of fused-ring (bicyclic) bond motifs is 1. The molecule has 0 saturated carbocycles. The van der Waals surface area contributed by atoms with E-state index in [0.717, 1.165) is 62.5 Å². The molecular formula is C18H24N4OS. The molecule has 0 radical (unpaired) electrons.